The zero-order valence-corrected chi connectivity index (χ0v) is 20.1. The fraction of sp³-hybridized carbons (Fsp3) is 0.714. The monoisotopic (exact) mass is 439 g/mol. The minimum Gasteiger partial charge on any atom is -0.457 e. The van der Waals surface area contributed by atoms with E-state index in [1.165, 1.54) is 11.8 Å². The zero-order chi connectivity index (χ0) is 21.6. The van der Waals surface area contributed by atoms with Gasteiger partial charge in [0.1, 0.15) is 16.9 Å². The van der Waals surface area contributed by atoms with Gasteiger partial charge in [-0.2, -0.15) is 0 Å². The van der Waals surface area contributed by atoms with Crippen LogP contribution in [-0.2, 0) is 23.5 Å². The van der Waals surface area contributed by atoms with E-state index in [4.69, 9.17) is 13.9 Å². The van der Waals surface area contributed by atoms with Crippen LogP contribution in [0.1, 0.15) is 34.1 Å². The Morgan fingerprint density at radius 1 is 1.45 bits per heavy atom. The topological polar surface area (TPSA) is 65.1 Å². The number of nitrogens with zero attached hydrogens (tertiary/aromatic N) is 1. The van der Waals surface area contributed by atoms with Crippen LogP contribution in [0.4, 0.5) is 0 Å². The molecule has 0 unspecified atom stereocenters. The number of hydrogen-bond donors (Lipinski definition) is 0. The van der Waals surface area contributed by atoms with E-state index in [1.54, 1.807) is 11.0 Å². The Hall–Kier alpha value is -1.09. The second-order valence-electron chi connectivity index (χ2n) is 9.49. The van der Waals surface area contributed by atoms with Crippen LogP contribution in [0.25, 0.3) is 0 Å². The number of amides is 1. The second-order valence-corrected chi connectivity index (χ2v) is 15.4. The first kappa shape index (κ1) is 22.6. The van der Waals surface area contributed by atoms with Crippen LogP contribution < -0.4 is 0 Å². The van der Waals surface area contributed by atoms with E-state index in [0.29, 0.717) is 18.1 Å². The number of esters is 1. The molecule has 0 radical (unpaired) electrons. The number of carbonyl (C=O) groups excluding carboxylic acids is 2. The molecule has 0 bridgehead atoms. The standard InChI is InChI=1S/C21H33NO5SSi/c1-8-10-26-20(24)17-16(14-9-11-25-12-14)22-18(23)15(19(22)28-17)13(2)27-29(6,7)21(3,4)5/h8,13-15,19H,1,9-12H2,2-7H3/t13-,14+,15-,19-/m0/s1. The summed E-state index contributed by atoms with van der Waals surface area (Å²) in [4.78, 5) is 28.2. The summed E-state index contributed by atoms with van der Waals surface area (Å²) < 4.78 is 17.3. The van der Waals surface area contributed by atoms with Crippen molar-refractivity contribution in [2.45, 2.75) is 63.7 Å². The van der Waals surface area contributed by atoms with E-state index < -0.39 is 8.32 Å². The fourth-order valence-corrected chi connectivity index (χ4v) is 6.81. The molecule has 3 heterocycles. The summed E-state index contributed by atoms with van der Waals surface area (Å²) in [6, 6.07) is 0. The van der Waals surface area contributed by atoms with Crippen molar-refractivity contribution >= 4 is 32.0 Å². The van der Waals surface area contributed by atoms with Gasteiger partial charge in [-0.1, -0.05) is 45.2 Å². The predicted octanol–water partition coefficient (Wildman–Crippen LogP) is 3.91. The van der Waals surface area contributed by atoms with E-state index in [1.807, 2.05) is 6.92 Å². The molecule has 4 atom stereocenters. The molecule has 6 nitrogen and oxygen atoms in total. The van der Waals surface area contributed by atoms with Gasteiger partial charge in [0.05, 0.1) is 18.6 Å². The number of carbonyl (C=O) groups is 2. The fourth-order valence-electron chi connectivity index (χ4n) is 3.79. The lowest BCUT2D eigenvalue weighted by atomic mass is 9.89. The molecule has 0 aliphatic carbocycles. The maximum absolute atomic E-state index is 13.2. The van der Waals surface area contributed by atoms with E-state index >= 15 is 0 Å². The number of rotatable bonds is 7. The van der Waals surface area contributed by atoms with Gasteiger partial charge in [0.15, 0.2) is 8.32 Å². The molecular formula is C21H33NO5SSi. The van der Waals surface area contributed by atoms with Crippen molar-refractivity contribution in [3.63, 3.8) is 0 Å². The van der Waals surface area contributed by atoms with Crippen LogP contribution in [0.2, 0.25) is 18.1 Å². The minimum atomic E-state index is -2.00. The molecule has 0 aromatic heterocycles. The number of thioether (sulfide) groups is 1. The average molecular weight is 440 g/mol. The largest absolute Gasteiger partial charge is 0.457 e. The Bertz CT molecular complexity index is 723. The predicted molar refractivity (Wildman–Crippen MR) is 117 cm³/mol. The van der Waals surface area contributed by atoms with Crippen LogP contribution in [0.5, 0.6) is 0 Å². The summed E-state index contributed by atoms with van der Waals surface area (Å²) in [6.07, 6.45) is 2.17. The highest BCUT2D eigenvalue weighted by Gasteiger charge is 2.59. The summed E-state index contributed by atoms with van der Waals surface area (Å²) in [5, 5.41) is -0.0370. The van der Waals surface area contributed by atoms with Gasteiger partial charge < -0.3 is 18.8 Å². The molecule has 0 N–H and O–H groups in total. The Balaban J connectivity index is 1.80. The van der Waals surface area contributed by atoms with Crippen LogP contribution in [0, 0.1) is 11.8 Å². The van der Waals surface area contributed by atoms with Crippen molar-refractivity contribution in [1.82, 2.24) is 4.90 Å². The lowest BCUT2D eigenvalue weighted by molar-refractivity contribution is -0.152. The van der Waals surface area contributed by atoms with Crippen molar-refractivity contribution in [2.24, 2.45) is 11.8 Å². The molecule has 3 aliphatic heterocycles. The Labute approximate surface area is 179 Å². The first-order valence-electron chi connectivity index (χ1n) is 10.3. The normalized spacial score (nSPS) is 28.3. The van der Waals surface area contributed by atoms with Crippen LogP contribution >= 0.6 is 11.8 Å². The molecule has 0 spiro atoms. The molecule has 8 heteroatoms. The van der Waals surface area contributed by atoms with E-state index in [2.05, 4.69) is 40.4 Å². The number of ether oxygens (including phenoxy) is 2. The molecule has 29 heavy (non-hydrogen) atoms. The van der Waals surface area contributed by atoms with Crippen molar-refractivity contribution < 1.29 is 23.5 Å². The van der Waals surface area contributed by atoms with Crippen molar-refractivity contribution in [3.8, 4) is 0 Å². The van der Waals surface area contributed by atoms with E-state index in [0.717, 1.165) is 12.1 Å². The zero-order valence-electron chi connectivity index (χ0n) is 18.3. The Morgan fingerprint density at radius 3 is 2.69 bits per heavy atom. The lowest BCUT2D eigenvalue weighted by Gasteiger charge is -2.49. The lowest BCUT2D eigenvalue weighted by Crippen LogP contribution is -2.62. The van der Waals surface area contributed by atoms with Gasteiger partial charge in [0.25, 0.3) is 0 Å². The van der Waals surface area contributed by atoms with Gasteiger partial charge in [-0.25, -0.2) is 4.79 Å². The van der Waals surface area contributed by atoms with Crippen molar-refractivity contribution in [3.05, 3.63) is 23.3 Å². The van der Waals surface area contributed by atoms with E-state index in [9.17, 15) is 9.59 Å². The number of hydrogen-bond acceptors (Lipinski definition) is 6. The molecule has 2 fully saturated rings. The summed E-state index contributed by atoms with van der Waals surface area (Å²) in [7, 11) is -2.00. The first-order valence-corrected chi connectivity index (χ1v) is 14.1. The number of fused-ring (bicyclic) bond motifs is 1. The summed E-state index contributed by atoms with van der Waals surface area (Å²) >= 11 is 1.44. The van der Waals surface area contributed by atoms with Crippen molar-refractivity contribution in [2.75, 3.05) is 19.8 Å². The number of β-lactam (4-membered cyclic amide) rings is 1. The first-order chi connectivity index (χ1) is 13.5. The maximum Gasteiger partial charge on any atom is 0.346 e. The quantitative estimate of drug-likeness (QED) is 0.259. The van der Waals surface area contributed by atoms with Gasteiger partial charge in [-0.3, -0.25) is 4.79 Å². The average Bonchev–Trinajstić information content (AvgIpc) is 3.23. The van der Waals surface area contributed by atoms with Gasteiger partial charge in [0, 0.05) is 18.2 Å². The molecular weight excluding hydrogens is 406 g/mol. The van der Waals surface area contributed by atoms with Gasteiger partial charge in [-0.05, 0) is 31.5 Å². The Morgan fingerprint density at radius 2 is 2.14 bits per heavy atom. The molecule has 162 valence electrons. The van der Waals surface area contributed by atoms with E-state index in [-0.39, 0.29) is 46.8 Å². The smallest absolute Gasteiger partial charge is 0.346 e. The minimum absolute atomic E-state index is 0.0436. The highest BCUT2D eigenvalue weighted by atomic mass is 32.2. The van der Waals surface area contributed by atoms with Crippen LogP contribution in [0.3, 0.4) is 0 Å². The summed E-state index contributed by atoms with van der Waals surface area (Å²) in [5.41, 5.74) is 0.785. The van der Waals surface area contributed by atoms with Gasteiger partial charge >= 0.3 is 5.97 Å². The molecule has 2 saturated heterocycles. The highest BCUT2D eigenvalue weighted by molar-refractivity contribution is 8.04. The molecule has 1 amide bonds. The molecule has 3 rings (SSSR count). The van der Waals surface area contributed by atoms with Crippen molar-refractivity contribution in [1.29, 1.82) is 0 Å². The maximum atomic E-state index is 13.2. The van der Waals surface area contributed by atoms with Gasteiger partial charge in [-0.15, -0.1) is 0 Å². The summed E-state index contributed by atoms with van der Waals surface area (Å²) in [6.45, 7) is 17.9. The Kier molecular flexibility index (Phi) is 6.39. The van der Waals surface area contributed by atoms with Crippen LogP contribution in [-0.4, -0.2) is 56.4 Å². The van der Waals surface area contributed by atoms with Gasteiger partial charge in [0.2, 0.25) is 5.91 Å². The second kappa shape index (κ2) is 8.21. The third-order valence-electron chi connectivity index (χ3n) is 6.44. The molecule has 0 aromatic carbocycles. The molecule has 0 saturated carbocycles. The molecule has 3 aliphatic rings. The molecule has 0 aromatic rings. The SMILES string of the molecule is C=CCOC(=O)C1=C([C@@H]2CCOC2)N2C(=O)[C@H]([C@H](C)O[Si](C)(C)C(C)(C)C)[C@@H]2S1. The van der Waals surface area contributed by atoms with Crippen LogP contribution in [0.15, 0.2) is 23.3 Å². The third-order valence-corrected chi connectivity index (χ3v) is 12.4. The highest BCUT2D eigenvalue weighted by Crippen LogP contribution is 2.54. The third kappa shape index (κ3) is 4.09. The summed E-state index contributed by atoms with van der Waals surface area (Å²) in [5.74, 6) is -0.533.